The van der Waals surface area contributed by atoms with Crippen molar-refractivity contribution in [3.05, 3.63) is 36.4 Å². The van der Waals surface area contributed by atoms with Crippen LogP contribution in [0.5, 0.6) is 0 Å². The molecule has 1 heteroatoms. The van der Waals surface area contributed by atoms with Crippen molar-refractivity contribution in [2.75, 3.05) is 0 Å². The zero-order valence-electron chi connectivity index (χ0n) is 6.96. The van der Waals surface area contributed by atoms with Crippen molar-refractivity contribution < 1.29 is 0 Å². The molecule has 11 heavy (non-hydrogen) atoms. The predicted octanol–water partition coefficient (Wildman–Crippen LogP) is 3.12. The molecule has 0 unspecified atom stereocenters. The van der Waals surface area contributed by atoms with E-state index in [9.17, 15) is 0 Å². The number of hydrogen-bond acceptors (Lipinski definition) is 1. The summed E-state index contributed by atoms with van der Waals surface area (Å²) in [5, 5.41) is 6.48. The Balaban J connectivity index is 0.000000187. The zero-order valence-corrected chi connectivity index (χ0v) is 6.96. The van der Waals surface area contributed by atoms with Crippen LogP contribution in [-0.4, -0.2) is 6.21 Å². The maximum absolute atomic E-state index is 6.48. The van der Waals surface area contributed by atoms with Crippen molar-refractivity contribution in [2.24, 2.45) is 0 Å². The van der Waals surface area contributed by atoms with Crippen LogP contribution in [0.4, 0.5) is 0 Å². The van der Waals surface area contributed by atoms with E-state index in [1.165, 1.54) is 6.21 Å². The molecule has 1 aromatic rings. The first-order valence-electron chi connectivity index (χ1n) is 3.90. The maximum Gasteiger partial charge on any atom is -0.00479 e. The minimum absolute atomic E-state index is 0.931. The number of rotatable bonds is 2. The van der Waals surface area contributed by atoms with Crippen molar-refractivity contribution in [3.63, 3.8) is 0 Å². The zero-order chi connectivity index (χ0) is 8.36. The fourth-order valence-electron chi connectivity index (χ4n) is 0.529. The standard InChI is InChI=1S/C6H6.C4H9N/c1-2-4-6-5-3-1;1-2-3-4-5/h1-6H;4-5H,2-3H2,1H3. The van der Waals surface area contributed by atoms with Crippen LogP contribution in [0.2, 0.25) is 0 Å². The largest absolute Gasteiger partial charge is 0.313 e. The van der Waals surface area contributed by atoms with Gasteiger partial charge < -0.3 is 5.41 Å². The lowest BCUT2D eigenvalue weighted by atomic mass is 10.4. The third-order valence-electron chi connectivity index (χ3n) is 1.10. The topological polar surface area (TPSA) is 23.9 Å². The summed E-state index contributed by atoms with van der Waals surface area (Å²) in [7, 11) is 0. The first kappa shape index (κ1) is 9.89. The molecule has 0 heterocycles. The van der Waals surface area contributed by atoms with Crippen LogP contribution in [0, 0.1) is 5.41 Å². The van der Waals surface area contributed by atoms with Gasteiger partial charge in [0.25, 0.3) is 0 Å². The van der Waals surface area contributed by atoms with E-state index in [2.05, 4.69) is 6.92 Å². The average molecular weight is 149 g/mol. The van der Waals surface area contributed by atoms with E-state index in [0.29, 0.717) is 0 Å². The highest BCUT2D eigenvalue weighted by Crippen LogP contribution is 1.79. The minimum Gasteiger partial charge on any atom is -0.313 e. The lowest BCUT2D eigenvalue weighted by Crippen LogP contribution is -1.63. The molecule has 0 aliphatic heterocycles. The maximum atomic E-state index is 6.48. The van der Waals surface area contributed by atoms with Gasteiger partial charge in [0, 0.05) is 0 Å². The van der Waals surface area contributed by atoms with Crippen LogP contribution in [0.15, 0.2) is 36.4 Å². The summed E-state index contributed by atoms with van der Waals surface area (Å²) in [5.74, 6) is 0. The summed E-state index contributed by atoms with van der Waals surface area (Å²) in [6.45, 7) is 2.06. The molecule has 1 nitrogen and oxygen atoms in total. The molecular formula is C10H15N. The summed E-state index contributed by atoms with van der Waals surface area (Å²) in [4.78, 5) is 0. The first-order chi connectivity index (χ1) is 5.41. The first-order valence-corrected chi connectivity index (χ1v) is 3.90. The molecule has 0 bridgehead atoms. The van der Waals surface area contributed by atoms with E-state index in [1.807, 2.05) is 36.4 Å². The van der Waals surface area contributed by atoms with Crippen molar-refractivity contribution in [1.29, 1.82) is 5.41 Å². The van der Waals surface area contributed by atoms with E-state index >= 15 is 0 Å². The molecule has 0 aromatic heterocycles. The smallest absolute Gasteiger partial charge is 0.00479 e. The molecule has 1 aromatic carbocycles. The van der Waals surface area contributed by atoms with Crippen LogP contribution < -0.4 is 0 Å². The molecule has 0 saturated heterocycles. The molecule has 0 amide bonds. The van der Waals surface area contributed by atoms with Crippen LogP contribution in [-0.2, 0) is 0 Å². The second kappa shape index (κ2) is 8.89. The number of unbranched alkanes of at least 4 members (excludes halogenated alkanes) is 1. The number of benzene rings is 1. The fraction of sp³-hybridized carbons (Fsp3) is 0.300. The van der Waals surface area contributed by atoms with Crippen molar-refractivity contribution in [1.82, 2.24) is 0 Å². The fourth-order valence-corrected chi connectivity index (χ4v) is 0.529. The molecule has 1 rings (SSSR count). The number of hydrogen-bond donors (Lipinski definition) is 1. The highest BCUT2D eigenvalue weighted by Gasteiger charge is 1.63. The van der Waals surface area contributed by atoms with Gasteiger partial charge in [-0.3, -0.25) is 0 Å². The SMILES string of the molecule is CCCC=N.c1ccccc1. The normalized spacial score (nSPS) is 7.73. The summed E-state index contributed by atoms with van der Waals surface area (Å²) in [5.41, 5.74) is 0. The van der Waals surface area contributed by atoms with Crippen molar-refractivity contribution in [2.45, 2.75) is 19.8 Å². The second-order valence-electron chi connectivity index (χ2n) is 2.15. The van der Waals surface area contributed by atoms with Gasteiger partial charge in [-0.25, -0.2) is 0 Å². The average Bonchev–Trinajstić information content (AvgIpc) is 2.10. The Morgan fingerprint density at radius 2 is 1.36 bits per heavy atom. The van der Waals surface area contributed by atoms with Crippen LogP contribution in [0.3, 0.4) is 0 Å². The molecule has 0 radical (unpaired) electrons. The van der Waals surface area contributed by atoms with Crippen LogP contribution in [0.1, 0.15) is 19.8 Å². The predicted molar refractivity (Wildman–Crippen MR) is 50.1 cm³/mol. The van der Waals surface area contributed by atoms with Gasteiger partial charge in [-0.05, 0) is 12.6 Å². The molecule has 60 valence electrons. The van der Waals surface area contributed by atoms with Crippen molar-refractivity contribution >= 4 is 6.21 Å². The summed E-state index contributed by atoms with van der Waals surface area (Å²) >= 11 is 0. The Hall–Kier alpha value is -1.11. The third-order valence-corrected chi connectivity index (χ3v) is 1.10. The van der Waals surface area contributed by atoms with Gasteiger partial charge in [-0.2, -0.15) is 0 Å². The molecule has 1 N–H and O–H groups in total. The van der Waals surface area contributed by atoms with Gasteiger partial charge >= 0.3 is 0 Å². The van der Waals surface area contributed by atoms with Gasteiger partial charge in [0.15, 0.2) is 0 Å². The summed E-state index contributed by atoms with van der Waals surface area (Å²) in [6.07, 6.45) is 3.46. The van der Waals surface area contributed by atoms with E-state index in [0.717, 1.165) is 12.8 Å². The molecular weight excluding hydrogens is 134 g/mol. The van der Waals surface area contributed by atoms with Gasteiger partial charge in [-0.15, -0.1) is 0 Å². The Labute approximate surface area is 68.6 Å². The highest BCUT2D eigenvalue weighted by atomic mass is 14.3. The van der Waals surface area contributed by atoms with E-state index in [-0.39, 0.29) is 0 Å². The molecule has 0 fully saturated rings. The molecule has 0 aliphatic rings. The quantitative estimate of drug-likeness (QED) is 0.625. The Kier molecular flexibility index (Phi) is 7.99. The Morgan fingerprint density at radius 1 is 1.00 bits per heavy atom. The summed E-state index contributed by atoms with van der Waals surface area (Å²) in [6, 6.07) is 12.0. The van der Waals surface area contributed by atoms with Gasteiger partial charge in [-0.1, -0.05) is 49.7 Å². The minimum atomic E-state index is 0.931. The number of nitrogens with one attached hydrogen (secondary N) is 1. The van der Waals surface area contributed by atoms with Gasteiger partial charge in [0.05, 0.1) is 0 Å². The molecule has 0 atom stereocenters. The van der Waals surface area contributed by atoms with Gasteiger partial charge in [0.2, 0.25) is 0 Å². The molecule has 0 saturated carbocycles. The Bertz CT molecular complexity index is 131. The Morgan fingerprint density at radius 3 is 1.45 bits per heavy atom. The van der Waals surface area contributed by atoms with Crippen LogP contribution in [0.25, 0.3) is 0 Å². The highest BCUT2D eigenvalue weighted by molar-refractivity contribution is 5.52. The lowest BCUT2D eigenvalue weighted by molar-refractivity contribution is 1.00. The molecule has 0 spiro atoms. The second-order valence-corrected chi connectivity index (χ2v) is 2.15. The van der Waals surface area contributed by atoms with Crippen molar-refractivity contribution in [3.8, 4) is 0 Å². The van der Waals surface area contributed by atoms with E-state index in [4.69, 9.17) is 5.41 Å². The van der Waals surface area contributed by atoms with Gasteiger partial charge in [0.1, 0.15) is 0 Å². The van der Waals surface area contributed by atoms with E-state index in [1.54, 1.807) is 0 Å². The lowest BCUT2D eigenvalue weighted by Gasteiger charge is -1.71. The third kappa shape index (κ3) is 8.89. The monoisotopic (exact) mass is 149 g/mol. The van der Waals surface area contributed by atoms with E-state index < -0.39 is 0 Å². The molecule has 0 aliphatic carbocycles. The van der Waals surface area contributed by atoms with Crippen LogP contribution >= 0.6 is 0 Å². The summed E-state index contributed by atoms with van der Waals surface area (Å²) < 4.78 is 0.